The highest BCUT2D eigenvalue weighted by Crippen LogP contribution is 2.14. The van der Waals surface area contributed by atoms with Crippen molar-refractivity contribution in [3.05, 3.63) is 48.0 Å². The fourth-order valence-electron chi connectivity index (χ4n) is 1.87. The van der Waals surface area contributed by atoms with Crippen LogP contribution in [0.3, 0.4) is 0 Å². The van der Waals surface area contributed by atoms with Gasteiger partial charge in [0.05, 0.1) is 24.6 Å². The zero-order chi connectivity index (χ0) is 18.4. The third-order valence-electron chi connectivity index (χ3n) is 2.82. The second-order valence-corrected chi connectivity index (χ2v) is 5.77. The fourth-order valence-corrected chi connectivity index (χ4v) is 1.87. The molecular weight excluding hydrogens is 324 g/mol. The lowest BCUT2D eigenvalue weighted by atomic mass is 10.3. The van der Waals surface area contributed by atoms with Gasteiger partial charge in [0.15, 0.2) is 0 Å². The minimum absolute atomic E-state index is 0.00390. The largest absolute Gasteiger partial charge is 0.489 e. The summed E-state index contributed by atoms with van der Waals surface area (Å²) in [6, 6.07) is 6.04. The Hall–Kier alpha value is -2.96. The molecule has 2 heterocycles. The molecule has 0 spiro atoms. The summed E-state index contributed by atoms with van der Waals surface area (Å²) in [6.45, 7) is 7.52. The first kappa shape index (κ1) is 18.4. The standard InChI is InChI=1S/C18H20N2O5/c1-11(2)23-13-5-7-15(19-9-13)17(21)25-18(22)16-8-6-14(10-20-16)24-12(3)4/h5-12H,1-4H3. The number of esters is 2. The van der Waals surface area contributed by atoms with Crippen molar-refractivity contribution in [2.24, 2.45) is 0 Å². The Balaban J connectivity index is 1.98. The average molecular weight is 344 g/mol. The summed E-state index contributed by atoms with van der Waals surface area (Å²) in [6.07, 6.45) is 2.79. The fraction of sp³-hybridized carbons (Fsp3) is 0.333. The lowest BCUT2D eigenvalue weighted by molar-refractivity contribution is 0.0389. The van der Waals surface area contributed by atoms with Crippen LogP contribution in [0.25, 0.3) is 0 Å². The van der Waals surface area contributed by atoms with E-state index in [0.29, 0.717) is 11.5 Å². The predicted octanol–water partition coefficient (Wildman–Crippen LogP) is 3.05. The first-order valence-electron chi connectivity index (χ1n) is 7.87. The van der Waals surface area contributed by atoms with Gasteiger partial charge in [-0.2, -0.15) is 0 Å². The molecule has 0 saturated carbocycles. The molecule has 2 aromatic rings. The molecule has 0 saturated heterocycles. The van der Waals surface area contributed by atoms with E-state index < -0.39 is 11.9 Å². The highest BCUT2D eigenvalue weighted by atomic mass is 16.6. The Morgan fingerprint density at radius 1 is 0.760 bits per heavy atom. The third kappa shape index (κ3) is 5.56. The molecule has 0 atom stereocenters. The Morgan fingerprint density at radius 3 is 1.44 bits per heavy atom. The van der Waals surface area contributed by atoms with Crippen LogP contribution in [0.1, 0.15) is 48.7 Å². The summed E-state index contributed by atoms with van der Waals surface area (Å²) in [5, 5.41) is 0. The van der Waals surface area contributed by atoms with Gasteiger partial charge in [0, 0.05) is 0 Å². The van der Waals surface area contributed by atoms with Gasteiger partial charge in [-0.1, -0.05) is 0 Å². The molecule has 132 valence electrons. The first-order chi connectivity index (χ1) is 11.8. The molecular formula is C18H20N2O5. The van der Waals surface area contributed by atoms with E-state index in [1.165, 1.54) is 24.5 Å². The van der Waals surface area contributed by atoms with Crippen LogP contribution in [-0.2, 0) is 4.74 Å². The number of ether oxygens (including phenoxy) is 3. The van der Waals surface area contributed by atoms with Crippen molar-refractivity contribution in [2.75, 3.05) is 0 Å². The minimum atomic E-state index is -0.856. The van der Waals surface area contributed by atoms with Crippen molar-refractivity contribution in [3.63, 3.8) is 0 Å². The van der Waals surface area contributed by atoms with Gasteiger partial charge < -0.3 is 14.2 Å². The molecule has 0 aliphatic carbocycles. The van der Waals surface area contributed by atoms with E-state index >= 15 is 0 Å². The van der Waals surface area contributed by atoms with Crippen molar-refractivity contribution in [1.82, 2.24) is 9.97 Å². The van der Waals surface area contributed by atoms with Crippen molar-refractivity contribution in [1.29, 1.82) is 0 Å². The van der Waals surface area contributed by atoms with Crippen LogP contribution in [0.2, 0.25) is 0 Å². The Bertz CT molecular complexity index is 661. The maximum Gasteiger partial charge on any atom is 0.364 e. The zero-order valence-corrected chi connectivity index (χ0v) is 14.6. The van der Waals surface area contributed by atoms with Crippen LogP contribution < -0.4 is 9.47 Å². The zero-order valence-electron chi connectivity index (χ0n) is 14.6. The average Bonchev–Trinajstić information content (AvgIpc) is 2.55. The molecule has 0 amide bonds. The molecule has 2 rings (SSSR count). The van der Waals surface area contributed by atoms with E-state index in [1.807, 2.05) is 27.7 Å². The molecule has 0 fully saturated rings. The molecule has 0 bridgehead atoms. The molecule has 2 aromatic heterocycles. The van der Waals surface area contributed by atoms with Gasteiger partial charge in [0.25, 0.3) is 0 Å². The van der Waals surface area contributed by atoms with Gasteiger partial charge in [-0.05, 0) is 52.0 Å². The second-order valence-electron chi connectivity index (χ2n) is 5.77. The molecule has 25 heavy (non-hydrogen) atoms. The van der Waals surface area contributed by atoms with Gasteiger partial charge >= 0.3 is 11.9 Å². The Morgan fingerprint density at radius 2 is 1.16 bits per heavy atom. The van der Waals surface area contributed by atoms with Crippen LogP contribution in [0.4, 0.5) is 0 Å². The predicted molar refractivity (Wildman–Crippen MR) is 89.7 cm³/mol. The Labute approximate surface area is 146 Å². The van der Waals surface area contributed by atoms with Crippen molar-refractivity contribution >= 4 is 11.9 Å². The summed E-state index contributed by atoms with van der Waals surface area (Å²) in [4.78, 5) is 31.8. The highest BCUT2D eigenvalue weighted by Gasteiger charge is 2.17. The number of carbonyl (C=O) groups excluding carboxylic acids is 2. The summed E-state index contributed by atoms with van der Waals surface area (Å²) >= 11 is 0. The van der Waals surface area contributed by atoms with E-state index in [2.05, 4.69) is 9.97 Å². The number of aromatic nitrogens is 2. The van der Waals surface area contributed by atoms with Crippen LogP contribution in [0.5, 0.6) is 11.5 Å². The minimum Gasteiger partial charge on any atom is -0.489 e. The van der Waals surface area contributed by atoms with E-state index in [9.17, 15) is 9.59 Å². The molecule has 0 aliphatic heterocycles. The monoisotopic (exact) mass is 344 g/mol. The van der Waals surface area contributed by atoms with Crippen molar-refractivity contribution in [3.8, 4) is 11.5 Å². The van der Waals surface area contributed by atoms with Gasteiger partial charge in [-0.15, -0.1) is 0 Å². The number of rotatable bonds is 6. The van der Waals surface area contributed by atoms with Crippen LogP contribution in [0, 0.1) is 0 Å². The molecule has 7 nitrogen and oxygen atoms in total. The lowest BCUT2D eigenvalue weighted by Gasteiger charge is -2.09. The number of nitrogens with zero attached hydrogens (tertiary/aromatic N) is 2. The summed E-state index contributed by atoms with van der Waals surface area (Å²) in [5.41, 5.74) is 0.00781. The second kappa shape index (κ2) is 8.23. The highest BCUT2D eigenvalue weighted by molar-refractivity contribution is 6.00. The molecule has 7 heteroatoms. The summed E-state index contributed by atoms with van der Waals surface area (Å²) < 4.78 is 15.6. The molecule has 0 aliphatic rings. The summed E-state index contributed by atoms with van der Waals surface area (Å²) in [7, 11) is 0. The molecule has 0 aromatic carbocycles. The number of carbonyl (C=O) groups is 2. The quantitative estimate of drug-likeness (QED) is 0.588. The van der Waals surface area contributed by atoms with Gasteiger partial charge in [0.2, 0.25) is 0 Å². The van der Waals surface area contributed by atoms with Crippen LogP contribution in [-0.4, -0.2) is 34.1 Å². The van der Waals surface area contributed by atoms with Gasteiger partial charge in [0.1, 0.15) is 22.9 Å². The van der Waals surface area contributed by atoms with E-state index in [4.69, 9.17) is 14.2 Å². The smallest absolute Gasteiger partial charge is 0.364 e. The molecule has 0 N–H and O–H groups in total. The molecule has 0 radical (unpaired) electrons. The first-order valence-corrected chi connectivity index (χ1v) is 7.87. The summed E-state index contributed by atoms with van der Waals surface area (Å²) in [5.74, 6) is -0.656. The SMILES string of the molecule is CC(C)Oc1ccc(C(=O)OC(=O)c2ccc(OC(C)C)cn2)nc1. The Kier molecular flexibility index (Phi) is 6.05. The topological polar surface area (TPSA) is 87.6 Å². The van der Waals surface area contributed by atoms with Gasteiger partial charge in [-0.3, -0.25) is 0 Å². The van der Waals surface area contributed by atoms with Crippen LogP contribution >= 0.6 is 0 Å². The number of hydrogen-bond acceptors (Lipinski definition) is 7. The number of pyridine rings is 2. The van der Waals surface area contributed by atoms with E-state index in [-0.39, 0.29) is 23.6 Å². The normalized spacial score (nSPS) is 10.6. The van der Waals surface area contributed by atoms with Gasteiger partial charge in [-0.25, -0.2) is 19.6 Å². The maximum atomic E-state index is 12.0. The third-order valence-corrected chi connectivity index (χ3v) is 2.82. The van der Waals surface area contributed by atoms with Crippen LogP contribution in [0.15, 0.2) is 36.7 Å². The van der Waals surface area contributed by atoms with E-state index in [1.54, 1.807) is 12.1 Å². The number of hydrogen-bond donors (Lipinski definition) is 0. The van der Waals surface area contributed by atoms with E-state index in [0.717, 1.165) is 0 Å². The van der Waals surface area contributed by atoms with Crippen molar-refractivity contribution < 1.29 is 23.8 Å². The van der Waals surface area contributed by atoms with Crippen molar-refractivity contribution in [2.45, 2.75) is 39.9 Å². The maximum absolute atomic E-state index is 12.0. The lowest BCUT2D eigenvalue weighted by Crippen LogP contribution is -2.15. The molecule has 0 unspecified atom stereocenters.